The van der Waals surface area contributed by atoms with E-state index in [1.807, 2.05) is 13.8 Å². The third-order valence-corrected chi connectivity index (χ3v) is 6.13. The number of fused-ring (bicyclic) bond motifs is 2. The van der Waals surface area contributed by atoms with Gasteiger partial charge in [-0.2, -0.15) is 0 Å². The summed E-state index contributed by atoms with van der Waals surface area (Å²) in [6.07, 6.45) is 0.899. The maximum atomic E-state index is 9.13. The molecule has 0 spiro atoms. The van der Waals surface area contributed by atoms with Gasteiger partial charge in [-0.05, 0) is 20.3 Å². The second-order valence-corrected chi connectivity index (χ2v) is 8.77. The standard InChI is InChI=1S/C17H24ClN5O4S/c1-4-7-28-16-19-14(18)11-15(20-16)23(22-21-11)9-8-10(25-6-5-24)13-12(9)26-17(2,3)27-13/h9-10,12-13,24H,4-8H2,1-3H3/t9?,10?,12-,13+/m0/s1. The van der Waals surface area contributed by atoms with E-state index in [2.05, 4.69) is 27.2 Å². The van der Waals surface area contributed by atoms with Crippen LogP contribution in [0.3, 0.4) is 0 Å². The van der Waals surface area contributed by atoms with Crippen LogP contribution in [0.25, 0.3) is 11.2 Å². The number of aliphatic hydroxyl groups is 1. The van der Waals surface area contributed by atoms with Gasteiger partial charge >= 0.3 is 0 Å². The Morgan fingerprint density at radius 2 is 2.11 bits per heavy atom. The number of rotatable bonds is 7. The highest BCUT2D eigenvalue weighted by molar-refractivity contribution is 7.99. The van der Waals surface area contributed by atoms with E-state index in [-0.39, 0.29) is 37.6 Å². The van der Waals surface area contributed by atoms with Crippen molar-refractivity contribution in [3.05, 3.63) is 5.15 Å². The van der Waals surface area contributed by atoms with Crippen molar-refractivity contribution in [1.82, 2.24) is 25.0 Å². The van der Waals surface area contributed by atoms with Crippen LogP contribution in [0.4, 0.5) is 0 Å². The first kappa shape index (κ1) is 20.2. The molecule has 0 radical (unpaired) electrons. The summed E-state index contributed by atoms with van der Waals surface area (Å²) in [4.78, 5) is 8.96. The molecule has 4 rings (SSSR count). The topological polar surface area (TPSA) is 104 Å². The molecule has 11 heteroatoms. The fourth-order valence-electron chi connectivity index (χ4n) is 3.77. The Morgan fingerprint density at radius 1 is 1.32 bits per heavy atom. The Balaban J connectivity index is 1.69. The van der Waals surface area contributed by atoms with Crippen LogP contribution in [0.2, 0.25) is 5.15 Å². The average Bonchev–Trinajstić information content (AvgIpc) is 3.29. The summed E-state index contributed by atoms with van der Waals surface area (Å²) < 4.78 is 19.8. The van der Waals surface area contributed by atoms with Gasteiger partial charge in [0.15, 0.2) is 27.3 Å². The van der Waals surface area contributed by atoms with Crippen LogP contribution < -0.4 is 0 Å². The molecule has 154 valence electrons. The Hall–Kier alpha value is -1.04. The summed E-state index contributed by atoms with van der Waals surface area (Å²) in [5.41, 5.74) is 1.05. The van der Waals surface area contributed by atoms with Crippen LogP contribution in [-0.2, 0) is 14.2 Å². The largest absolute Gasteiger partial charge is 0.394 e. The van der Waals surface area contributed by atoms with E-state index in [9.17, 15) is 0 Å². The van der Waals surface area contributed by atoms with Gasteiger partial charge in [-0.25, -0.2) is 14.6 Å². The SMILES string of the molecule is CCCSc1nc(Cl)c2nnn(C3CC(OCCO)[C@H]4OC(C)(C)O[C@@H]34)c2n1. The predicted octanol–water partition coefficient (Wildman–Crippen LogP) is 2.22. The normalized spacial score (nSPS) is 28.9. The first-order chi connectivity index (χ1) is 13.4. The van der Waals surface area contributed by atoms with Crippen LogP contribution in [0.5, 0.6) is 0 Å². The predicted molar refractivity (Wildman–Crippen MR) is 103 cm³/mol. The van der Waals surface area contributed by atoms with Crippen molar-refractivity contribution in [2.45, 2.75) is 68.9 Å². The number of thioether (sulfide) groups is 1. The van der Waals surface area contributed by atoms with E-state index >= 15 is 0 Å². The van der Waals surface area contributed by atoms with Crippen LogP contribution >= 0.6 is 23.4 Å². The summed E-state index contributed by atoms with van der Waals surface area (Å²) in [5, 5.41) is 18.5. The summed E-state index contributed by atoms with van der Waals surface area (Å²) >= 11 is 7.88. The van der Waals surface area contributed by atoms with Gasteiger partial charge < -0.3 is 19.3 Å². The lowest BCUT2D eigenvalue weighted by Gasteiger charge is -2.23. The molecule has 9 nitrogen and oxygen atoms in total. The number of hydrogen-bond donors (Lipinski definition) is 1. The second-order valence-electron chi connectivity index (χ2n) is 7.35. The number of nitrogens with zero attached hydrogens (tertiary/aromatic N) is 5. The zero-order valence-corrected chi connectivity index (χ0v) is 17.6. The zero-order valence-electron chi connectivity index (χ0n) is 16.0. The van der Waals surface area contributed by atoms with Gasteiger partial charge in [-0.15, -0.1) is 5.10 Å². The first-order valence-electron chi connectivity index (χ1n) is 9.43. The van der Waals surface area contributed by atoms with Crippen molar-refractivity contribution in [3.63, 3.8) is 0 Å². The van der Waals surface area contributed by atoms with Gasteiger partial charge in [0, 0.05) is 12.2 Å². The molecule has 0 aromatic carbocycles. The van der Waals surface area contributed by atoms with Gasteiger partial charge in [0.05, 0.1) is 25.4 Å². The molecule has 2 aromatic heterocycles. The Kier molecular flexibility index (Phi) is 5.78. The van der Waals surface area contributed by atoms with Crippen molar-refractivity contribution in [2.24, 2.45) is 0 Å². The van der Waals surface area contributed by atoms with Crippen LogP contribution in [0.15, 0.2) is 5.16 Å². The van der Waals surface area contributed by atoms with Gasteiger partial charge in [0.25, 0.3) is 0 Å². The van der Waals surface area contributed by atoms with Gasteiger partial charge in [0.1, 0.15) is 12.2 Å². The lowest BCUT2D eigenvalue weighted by atomic mass is 10.2. The molecule has 1 aliphatic carbocycles. The number of aliphatic hydroxyl groups excluding tert-OH is 1. The Labute approximate surface area is 172 Å². The first-order valence-corrected chi connectivity index (χ1v) is 10.8. The molecular weight excluding hydrogens is 406 g/mol. The highest BCUT2D eigenvalue weighted by atomic mass is 35.5. The molecule has 2 fully saturated rings. The van der Waals surface area contributed by atoms with Crippen molar-refractivity contribution in [2.75, 3.05) is 19.0 Å². The van der Waals surface area contributed by atoms with E-state index in [1.54, 1.807) is 16.4 Å². The second kappa shape index (κ2) is 8.00. The van der Waals surface area contributed by atoms with Crippen molar-refractivity contribution >= 4 is 34.5 Å². The lowest BCUT2D eigenvalue weighted by molar-refractivity contribution is -0.171. The van der Waals surface area contributed by atoms with E-state index in [0.717, 1.165) is 12.2 Å². The smallest absolute Gasteiger partial charge is 0.191 e. The van der Waals surface area contributed by atoms with Crippen molar-refractivity contribution < 1.29 is 19.3 Å². The molecule has 0 amide bonds. The average molecular weight is 430 g/mol. The fourth-order valence-corrected chi connectivity index (χ4v) is 4.72. The molecule has 0 bridgehead atoms. The summed E-state index contributed by atoms with van der Waals surface area (Å²) in [6, 6.07) is -0.171. The number of aromatic nitrogens is 5. The lowest BCUT2D eigenvalue weighted by Crippen LogP contribution is -2.31. The number of ether oxygens (including phenoxy) is 3. The molecule has 2 unspecified atom stereocenters. The molecule has 3 heterocycles. The monoisotopic (exact) mass is 429 g/mol. The fraction of sp³-hybridized carbons (Fsp3) is 0.765. The Bertz CT molecular complexity index is 850. The maximum Gasteiger partial charge on any atom is 0.191 e. The molecule has 2 aliphatic rings. The summed E-state index contributed by atoms with van der Waals surface area (Å²) in [5.74, 6) is 0.180. The summed E-state index contributed by atoms with van der Waals surface area (Å²) in [7, 11) is 0. The molecule has 1 saturated carbocycles. The summed E-state index contributed by atoms with van der Waals surface area (Å²) in [6.45, 7) is 6.06. The third-order valence-electron chi connectivity index (χ3n) is 4.82. The molecule has 28 heavy (non-hydrogen) atoms. The van der Waals surface area contributed by atoms with Gasteiger partial charge in [-0.1, -0.05) is 35.5 Å². The van der Waals surface area contributed by atoms with E-state index < -0.39 is 5.79 Å². The van der Waals surface area contributed by atoms with Crippen molar-refractivity contribution in [1.29, 1.82) is 0 Å². The highest BCUT2D eigenvalue weighted by Crippen LogP contribution is 2.45. The molecular formula is C17H24ClN5O4S. The molecule has 1 saturated heterocycles. The molecule has 1 aliphatic heterocycles. The van der Waals surface area contributed by atoms with Crippen LogP contribution in [0.1, 0.15) is 39.7 Å². The number of halogens is 1. The number of hydrogen-bond acceptors (Lipinski definition) is 9. The minimum Gasteiger partial charge on any atom is -0.394 e. The van der Waals surface area contributed by atoms with Gasteiger partial charge in [-0.3, -0.25) is 0 Å². The minimum atomic E-state index is -0.722. The third kappa shape index (κ3) is 3.73. The van der Waals surface area contributed by atoms with E-state index in [4.69, 9.17) is 30.9 Å². The van der Waals surface area contributed by atoms with Crippen molar-refractivity contribution in [3.8, 4) is 0 Å². The molecule has 2 aromatic rings. The van der Waals surface area contributed by atoms with Crippen LogP contribution in [0, 0.1) is 0 Å². The quantitative estimate of drug-likeness (QED) is 0.403. The zero-order chi connectivity index (χ0) is 19.9. The molecule has 4 atom stereocenters. The van der Waals surface area contributed by atoms with Gasteiger partial charge in [0.2, 0.25) is 0 Å². The highest BCUT2D eigenvalue weighted by Gasteiger charge is 2.56. The molecule has 1 N–H and O–H groups in total. The van der Waals surface area contributed by atoms with Crippen LogP contribution in [-0.4, -0.2) is 73.1 Å². The van der Waals surface area contributed by atoms with E-state index in [1.165, 1.54) is 0 Å². The minimum absolute atomic E-state index is 0.0457. The maximum absolute atomic E-state index is 9.13. The Morgan fingerprint density at radius 3 is 2.86 bits per heavy atom. The van der Waals surface area contributed by atoms with E-state index in [0.29, 0.717) is 27.9 Å².